The van der Waals surface area contributed by atoms with Crippen LogP contribution in [0.4, 0.5) is 5.69 Å². The average Bonchev–Trinajstić information content (AvgIpc) is 2.58. The first kappa shape index (κ1) is 22.9. The normalized spacial score (nSPS) is 11.2. The highest BCUT2D eigenvalue weighted by molar-refractivity contribution is 5.99. The Balaban J connectivity index is 0.00000576. The lowest BCUT2D eigenvalue weighted by molar-refractivity contribution is -0.385. The largest absolute Gasteiger partial charge is 0.493 e. The van der Waals surface area contributed by atoms with Crippen LogP contribution in [-0.2, 0) is 4.74 Å². The minimum atomic E-state index is -0.626. The molecule has 0 saturated heterocycles. The van der Waals surface area contributed by atoms with Gasteiger partial charge in [0.25, 0.3) is 11.6 Å². The van der Waals surface area contributed by atoms with E-state index in [4.69, 9.17) is 14.2 Å². The lowest BCUT2D eigenvalue weighted by Crippen LogP contribution is -2.37. The third-order valence-electron chi connectivity index (χ3n) is 3.33. The van der Waals surface area contributed by atoms with E-state index in [0.717, 1.165) is 0 Å². The zero-order chi connectivity index (χ0) is 18.1. The molecule has 0 aromatic heterocycles. The van der Waals surface area contributed by atoms with Crippen molar-refractivity contribution in [1.82, 2.24) is 10.6 Å². The Bertz CT molecular complexity index is 585. The highest BCUT2D eigenvalue weighted by Gasteiger charge is 2.24. The van der Waals surface area contributed by atoms with Crippen LogP contribution < -0.4 is 20.1 Å². The van der Waals surface area contributed by atoms with E-state index < -0.39 is 10.8 Å². The molecule has 0 aliphatic carbocycles. The third-order valence-corrected chi connectivity index (χ3v) is 3.33. The maximum atomic E-state index is 12.3. The van der Waals surface area contributed by atoms with Gasteiger partial charge in [-0.15, -0.1) is 12.4 Å². The molecule has 1 aromatic rings. The number of nitrogens with zero attached hydrogens (tertiary/aromatic N) is 1. The molecular weight excluding hydrogens is 354 g/mol. The average molecular weight is 378 g/mol. The van der Waals surface area contributed by atoms with E-state index in [1.165, 1.54) is 26.4 Å². The highest BCUT2D eigenvalue weighted by Crippen LogP contribution is 2.34. The van der Waals surface area contributed by atoms with Crippen molar-refractivity contribution in [2.45, 2.75) is 13.0 Å². The molecule has 1 rings (SSSR count). The topological polar surface area (TPSA) is 112 Å². The summed E-state index contributed by atoms with van der Waals surface area (Å²) >= 11 is 0. The number of nitro benzene ring substituents is 1. The summed E-state index contributed by atoms with van der Waals surface area (Å²) in [6, 6.07) is 2.52. The van der Waals surface area contributed by atoms with E-state index >= 15 is 0 Å². The number of halogens is 1. The second-order valence-electron chi connectivity index (χ2n) is 5.02. The van der Waals surface area contributed by atoms with Crippen LogP contribution in [0.3, 0.4) is 0 Å². The van der Waals surface area contributed by atoms with Crippen molar-refractivity contribution < 1.29 is 23.9 Å². The Kier molecular flexibility index (Phi) is 10.5. The molecule has 9 nitrogen and oxygen atoms in total. The lowest BCUT2D eigenvalue weighted by atomic mass is 10.1. The number of hydrogen-bond acceptors (Lipinski definition) is 7. The molecule has 0 heterocycles. The predicted molar refractivity (Wildman–Crippen MR) is 95.1 cm³/mol. The molecule has 0 saturated carbocycles. The van der Waals surface area contributed by atoms with E-state index in [2.05, 4.69) is 10.6 Å². The van der Waals surface area contributed by atoms with E-state index in [1.54, 1.807) is 7.05 Å². The number of hydrogen-bond donors (Lipinski definition) is 2. The van der Waals surface area contributed by atoms with Gasteiger partial charge in [0.05, 0.1) is 24.7 Å². The van der Waals surface area contributed by atoms with E-state index in [9.17, 15) is 14.9 Å². The van der Waals surface area contributed by atoms with Gasteiger partial charge in [-0.05, 0) is 14.0 Å². The molecule has 142 valence electrons. The zero-order valence-corrected chi connectivity index (χ0v) is 15.5. The standard InChI is InChI=1S/C15H23N3O6.ClH/c1-10(16-2)9-17-15(19)11-7-13(23-4)14(24-6-5-22-3)8-12(11)18(20)21;/h7-8,10,16H,5-6,9H2,1-4H3,(H,17,19);1H. The van der Waals surface area contributed by atoms with Crippen molar-refractivity contribution >= 4 is 24.0 Å². The van der Waals surface area contributed by atoms with Crippen LogP contribution >= 0.6 is 12.4 Å². The van der Waals surface area contributed by atoms with E-state index in [-0.39, 0.29) is 47.8 Å². The number of carbonyl (C=O) groups excluding carboxylic acids is 1. The molecule has 0 radical (unpaired) electrons. The molecule has 25 heavy (non-hydrogen) atoms. The lowest BCUT2D eigenvalue weighted by Gasteiger charge is -2.14. The molecule has 0 fully saturated rings. The Hall–Kier alpha value is -2.10. The first-order chi connectivity index (χ1) is 11.4. The van der Waals surface area contributed by atoms with E-state index in [0.29, 0.717) is 13.2 Å². The highest BCUT2D eigenvalue weighted by atomic mass is 35.5. The summed E-state index contributed by atoms with van der Waals surface area (Å²) in [5, 5.41) is 16.9. The fourth-order valence-corrected chi connectivity index (χ4v) is 1.83. The molecule has 1 amide bonds. The molecule has 1 aromatic carbocycles. The van der Waals surface area contributed by atoms with Crippen LogP contribution in [0.1, 0.15) is 17.3 Å². The van der Waals surface area contributed by atoms with Gasteiger partial charge >= 0.3 is 0 Å². The summed E-state index contributed by atoms with van der Waals surface area (Å²) < 4.78 is 15.5. The van der Waals surface area contributed by atoms with Crippen LogP contribution in [0.2, 0.25) is 0 Å². The van der Waals surface area contributed by atoms with Crippen LogP contribution in [0.5, 0.6) is 11.5 Å². The summed E-state index contributed by atoms with van der Waals surface area (Å²) in [5.74, 6) is -0.129. The molecule has 1 atom stereocenters. The summed E-state index contributed by atoms with van der Waals surface area (Å²) in [7, 11) is 4.67. The number of benzene rings is 1. The second kappa shape index (κ2) is 11.5. The van der Waals surface area contributed by atoms with Gasteiger partial charge in [-0.2, -0.15) is 0 Å². The van der Waals surface area contributed by atoms with Crippen LogP contribution in [0.25, 0.3) is 0 Å². The molecule has 0 spiro atoms. The molecule has 10 heteroatoms. The minimum absolute atomic E-state index is 0. The smallest absolute Gasteiger partial charge is 0.286 e. The first-order valence-corrected chi connectivity index (χ1v) is 7.38. The zero-order valence-electron chi connectivity index (χ0n) is 14.7. The Morgan fingerprint density at radius 3 is 2.48 bits per heavy atom. The van der Waals surface area contributed by atoms with Crippen molar-refractivity contribution in [2.75, 3.05) is 41.0 Å². The third kappa shape index (κ3) is 6.73. The number of nitro groups is 1. The molecule has 0 bridgehead atoms. The number of rotatable bonds is 10. The fraction of sp³-hybridized carbons (Fsp3) is 0.533. The first-order valence-electron chi connectivity index (χ1n) is 7.38. The Morgan fingerprint density at radius 1 is 1.28 bits per heavy atom. The fourth-order valence-electron chi connectivity index (χ4n) is 1.83. The maximum absolute atomic E-state index is 12.3. The number of methoxy groups -OCH3 is 2. The number of carbonyl (C=O) groups is 1. The molecule has 1 unspecified atom stereocenters. The Morgan fingerprint density at radius 2 is 1.96 bits per heavy atom. The molecular formula is C15H24ClN3O6. The number of nitrogens with one attached hydrogen (secondary N) is 2. The van der Waals surface area contributed by atoms with Crippen molar-refractivity contribution in [3.63, 3.8) is 0 Å². The predicted octanol–water partition coefficient (Wildman–Crippen LogP) is 1.39. The number of ether oxygens (including phenoxy) is 3. The summed E-state index contributed by atoms with van der Waals surface area (Å²) in [6.45, 7) is 2.74. The van der Waals surface area contributed by atoms with Gasteiger partial charge in [-0.3, -0.25) is 14.9 Å². The van der Waals surface area contributed by atoms with Crippen LogP contribution in [0, 0.1) is 10.1 Å². The molecule has 2 N–H and O–H groups in total. The van der Waals surface area contributed by atoms with Gasteiger partial charge in [0.1, 0.15) is 12.2 Å². The quantitative estimate of drug-likeness (QED) is 0.360. The summed E-state index contributed by atoms with van der Waals surface area (Å²) in [5.41, 5.74) is -0.433. The molecule has 0 aliphatic rings. The van der Waals surface area contributed by atoms with Gasteiger partial charge in [0.15, 0.2) is 11.5 Å². The van der Waals surface area contributed by atoms with Gasteiger partial charge < -0.3 is 24.8 Å². The van der Waals surface area contributed by atoms with Crippen molar-refractivity contribution in [3.8, 4) is 11.5 Å². The Labute approximate surface area is 152 Å². The summed E-state index contributed by atoms with van der Waals surface area (Å²) in [6.07, 6.45) is 0. The van der Waals surface area contributed by atoms with Gasteiger partial charge in [-0.1, -0.05) is 0 Å². The number of likely N-dealkylation sites (N-methyl/N-ethyl adjacent to an activating group) is 1. The maximum Gasteiger partial charge on any atom is 0.286 e. The van der Waals surface area contributed by atoms with E-state index in [1.807, 2.05) is 6.92 Å². The minimum Gasteiger partial charge on any atom is -0.493 e. The van der Waals surface area contributed by atoms with Gasteiger partial charge in [-0.25, -0.2) is 0 Å². The van der Waals surface area contributed by atoms with Crippen molar-refractivity contribution in [1.29, 1.82) is 0 Å². The van der Waals surface area contributed by atoms with Crippen molar-refractivity contribution in [3.05, 3.63) is 27.8 Å². The van der Waals surface area contributed by atoms with Crippen molar-refractivity contribution in [2.24, 2.45) is 0 Å². The van der Waals surface area contributed by atoms with Crippen LogP contribution in [0.15, 0.2) is 12.1 Å². The number of amides is 1. The second-order valence-corrected chi connectivity index (χ2v) is 5.02. The van der Waals surface area contributed by atoms with Crippen LogP contribution in [-0.4, -0.2) is 57.9 Å². The van der Waals surface area contributed by atoms with Gasteiger partial charge in [0.2, 0.25) is 0 Å². The molecule has 0 aliphatic heterocycles. The SMILES string of the molecule is CNC(C)CNC(=O)c1cc(OC)c(OCCOC)cc1[N+](=O)[O-].Cl. The summed E-state index contributed by atoms with van der Waals surface area (Å²) in [4.78, 5) is 22.9. The van der Waals surface area contributed by atoms with Gasteiger partial charge in [0, 0.05) is 25.8 Å². The monoisotopic (exact) mass is 377 g/mol.